The number of likely N-dealkylation sites (N-methyl/N-ethyl adjacent to an activating group) is 1. The summed E-state index contributed by atoms with van der Waals surface area (Å²) in [6, 6.07) is 5.94. The maximum absolute atomic E-state index is 6.23. The number of hydrogen-bond donors (Lipinski definition) is 1. The monoisotopic (exact) mass is 326 g/mol. The fourth-order valence-corrected chi connectivity index (χ4v) is 3.00. The third kappa shape index (κ3) is 5.15. The van der Waals surface area contributed by atoms with Crippen molar-refractivity contribution in [1.29, 1.82) is 0 Å². The minimum Gasteiger partial charge on any atom is -0.493 e. The average Bonchev–Trinajstić information content (AvgIpc) is 2.45. The average molecular weight is 327 g/mol. The maximum atomic E-state index is 6.23. The first-order valence-corrected chi connectivity index (χ1v) is 8.62. The van der Waals surface area contributed by atoms with Gasteiger partial charge in [0.15, 0.2) is 0 Å². The van der Waals surface area contributed by atoms with E-state index in [0.29, 0.717) is 6.54 Å². The van der Waals surface area contributed by atoms with Crippen molar-refractivity contribution < 1.29 is 4.74 Å². The minimum atomic E-state index is 0.0296. The van der Waals surface area contributed by atoms with E-state index < -0.39 is 0 Å². The van der Waals surface area contributed by atoms with E-state index in [1.807, 2.05) is 18.2 Å². The predicted octanol–water partition coefficient (Wildman–Crippen LogP) is 4.64. The Morgan fingerprint density at radius 2 is 1.95 bits per heavy atom. The van der Waals surface area contributed by atoms with E-state index in [1.54, 1.807) is 0 Å². The quantitative estimate of drug-likeness (QED) is 0.707. The normalized spacial score (nSPS) is 13.5. The summed E-state index contributed by atoms with van der Waals surface area (Å²) in [5.74, 6) is 0.899. The van der Waals surface area contributed by atoms with Crippen molar-refractivity contribution in [3.05, 3.63) is 28.8 Å². The van der Waals surface area contributed by atoms with E-state index in [2.05, 4.69) is 39.5 Å². The van der Waals surface area contributed by atoms with Crippen LogP contribution >= 0.6 is 11.6 Å². The fraction of sp³-hybridized carbons (Fsp3) is 0.667. The Morgan fingerprint density at radius 1 is 1.27 bits per heavy atom. The Kier molecular flexibility index (Phi) is 7.67. The van der Waals surface area contributed by atoms with E-state index in [9.17, 15) is 0 Å². The lowest BCUT2D eigenvalue weighted by atomic mass is 9.97. The number of nitrogens with two attached hydrogens (primary N) is 1. The van der Waals surface area contributed by atoms with Gasteiger partial charge in [0.2, 0.25) is 0 Å². The Hall–Kier alpha value is -0.770. The number of benzene rings is 1. The molecule has 1 atom stereocenters. The lowest BCUT2D eigenvalue weighted by Crippen LogP contribution is -2.46. The highest BCUT2D eigenvalue weighted by Gasteiger charge is 2.29. The molecular weight excluding hydrogens is 296 g/mol. The first-order valence-electron chi connectivity index (χ1n) is 8.24. The van der Waals surface area contributed by atoms with Crippen molar-refractivity contribution in [2.75, 3.05) is 19.7 Å². The number of hydrogen-bond acceptors (Lipinski definition) is 3. The molecule has 0 saturated heterocycles. The third-order valence-electron chi connectivity index (χ3n) is 3.89. The van der Waals surface area contributed by atoms with Crippen LogP contribution in [0.15, 0.2) is 18.2 Å². The van der Waals surface area contributed by atoms with Gasteiger partial charge in [0.25, 0.3) is 0 Å². The summed E-state index contributed by atoms with van der Waals surface area (Å²) in [6.07, 6.45) is 2.17. The Morgan fingerprint density at radius 3 is 2.45 bits per heavy atom. The number of nitrogens with zero attached hydrogens (tertiary/aromatic N) is 1. The van der Waals surface area contributed by atoms with Crippen LogP contribution in [0.3, 0.4) is 0 Å². The van der Waals surface area contributed by atoms with Crippen molar-refractivity contribution in [1.82, 2.24) is 4.90 Å². The van der Waals surface area contributed by atoms with Crippen LogP contribution in [0.25, 0.3) is 0 Å². The SMILES string of the molecule is CCCCOc1ccc(Cl)cc1C(CN)N(CC)C(C)(C)C. The molecule has 0 aromatic heterocycles. The van der Waals surface area contributed by atoms with Crippen molar-refractivity contribution in [2.24, 2.45) is 5.73 Å². The molecule has 0 amide bonds. The minimum absolute atomic E-state index is 0.0296. The highest BCUT2D eigenvalue weighted by Crippen LogP contribution is 2.35. The second-order valence-electron chi connectivity index (χ2n) is 6.59. The Bertz CT molecular complexity index is 457. The van der Waals surface area contributed by atoms with Crippen molar-refractivity contribution >= 4 is 11.6 Å². The van der Waals surface area contributed by atoms with Gasteiger partial charge in [-0.1, -0.05) is 31.9 Å². The van der Waals surface area contributed by atoms with Gasteiger partial charge < -0.3 is 10.5 Å². The summed E-state index contributed by atoms with van der Waals surface area (Å²) in [7, 11) is 0. The zero-order valence-corrected chi connectivity index (χ0v) is 15.4. The largest absolute Gasteiger partial charge is 0.493 e. The van der Waals surface area contributed by atoms with Gasteiger partial charge in [-0.3, -0.25) is 4.90 Å². The molecule has 3 nitrogen and oxygen atoms in total. The highest BCUT2D eigenvalue weighted by molar-refractivity contribution is 6.30. The molecule has 126 valence electrons. The highest BCUT2D eigenvalue weighted by atomic mass is 35.5. The summed E-state index contributed by atoms with van der Waals surface area (Å²) in [5.41, 5.74) is 7.23. The topological polar surface area (TPSA) is 38.5 Å². The second kappa shape index (κ2) is 8.76. The van der Waals surface area contributed by atoms with Crippen molar-refractivity contribution in [2.45, 2.75) is 59.0 Å². The van der Waals surface area contributed by atoms with Crippen LogP contribution in [0.2, 0.25) is 5.02 Å². The van der Waals surface area contributed by atoms with E-state index in [1.165, 1.54) is 0 Å². The molecule has 22 heavy (non-hydrogen) atoms. The van der Waals surface area contributed by atoms with Crippen LogP contribution in [0.5, 0.6) is 5.75 Å². The van der Waals surface area contributed by atoms with Gasteiger partial charge in [-0.15, -0.1) is 0 Å². The molecule has 1 aromatic rings. The first-order chi connectivity index (χ1) is 10.3. The Balaban J connectivity index is 3.15. The zero-order chi connectivity index (χ0) is 16.8. The van der Waals surface area contributed by atoms with Crippen LogP contribution < -0.4 is 10.5 Å². The molecule has 1 aromatic carbocycles. The van der Waals surface area contributed by atoms with Gasteiger partial charge in [-0.2, -0.15) is 0 Å². The van der Waals surface area contributed by atoms with Gasteiger partial charge in [-0.25, -0.2) is 0 Å². The molecule has 0 bridgehead atoms. The Labute approximate surface area is 140 Å². The molecule has 2 N–H and O–H groups in total. The molecule has 1 unspecified atom stereocenters. The molecule has 0 aliphatic carbocycles. The van der Waals surface area contributed by atoms with Crippen LogP contribution in [0.1, 0.15) is 59.1 Å². The summed E-state index contributed by atoms with van der Waals surface area (Å²) in [6.45, 7) is 13.1. The third-order valence-corrected chi connectivity index (χ3v) is 4.12. The van der Waals surface area contributed by atoms with E-state index in [4.69, 9.17) is 22.1 Å². The maximum Gasteiger partial charge on any atom is 0.124 e. The number of rotatable bonds is 8. The van der Waals surface area contributed by atoms with Gasteiger partial charge in [0.1, 0.15) is 5.75 Å². The van der Waals surface area contributed by atoms with Crippen LogP contribution in [-0.2, 0) is 0 Å². The molecular formula is C18H31ClN2O. The number of unbranched alkanes of at least 4 members (excludes halogenated alkanes) is 1. The lowest BCUT2D eigenvalue weighted by molar-refractivity contribution is 0.0899. The molecule has 0 fully saturated rings. The summed E-state index contributed by atoms with van der Waals surface area (Å²) in [5, 5.41) is 0.723. The lowest BCUT2D eigenvalue weighted by Gasteiger charge is -2.41. The molecule has 0 heterocycles. The van der Waals surface area contributed by atoms with E-state index in [0.717, 1.165) is 42.3 Å². The molecule has 0 radical (unpaired) electrons. The van der Waals surface area contributed by atoms with Crippen LogP contribution in [0, 0.1) is 0 Å². The number of halogens is 1. The molecule has 0 aliphatic heterocycles. The van der Waals surface area contributed by atoms with Crippen molar-refractivity contribution in [3.63, 3.8) is 0 Å². The first kappa shape index (κ1) is 19.3. The van der Waals surface area contributed by atoms with Gasteiger partial charge in [-0.05, 0) is 51.9 Å². The van der Waals surface area contributed by atoms with Gasteiger partial charge in [0, 0.05) is 22.7 Å². The smallest absolute Gasteiger partial charge is 0.124 e. The number of ether oxygens (including phenoxy) is 1. The summed E-state index contributed by atoms with van der Waals surface area (Å²) in [4.78, 5) is 2.39. The molecule has 4 heteroatoms. The predicted molar refractivity (Wildman–Crippen MR) is 95.8 cm³/mol. The molecule has 1 rings (SSSR count). The fourth-order valence-electron chi connectivity index (χ4n) is 2.82. The van der Waals surface area contributed by atoms with Crippen molar-refractivity contribution in [3.8, 4) is 5.75 Å². The molecule has 0 spiro atoms. The molecule has 0 saturated carbocycles. The van der Waals surface area contributed by atoms with Crippen LogP contribution in [-0.4, -0.2) is 30.1 Å². The second-order valence-corrected chi connectivity index (χ2v) is 7.03. The summed E-state index contributed by atoms with van der Waals surface area (Å²) < 4.78 is 5.98. The van der Waals surface area contributed by atoms with Gasteiger partial charge >= 0.3 is 0 Å². The van der Waals surface area contributed by atoms with Gasteiger partial charge in [0.05, 0.1) is 12.6 Å². The van der Waals surface area contributed by atoms with Crippen LogP contribution in [0.4, 0.5) is 0 Å². The molecule has 0 aliphatic rings. The standard InChI is InChI=1S/C18H31ClN2O/c1-6-8-11-22-17-10-9-14(19)12-15(17)16(13-20)21(7-2)18(3,4)5/h9-10,12,16H,6-8,11,13,20H2,1-5H3. The van der Waals surface area contributed by atoms with E-state index >= 15 is 0 Å². The van der Waals surface area contributed by atoms with E-state index in [-0.39, 0.29) is 11.6 Å². The summed E-state index contributed by atoms with van der Waals surface area (Å²) >= 11 is 6.23. The zero-order valence-electron chi connectivity index (χ0n) is 14.7.